The lowest BCUT2D eigenvalue weighted by Gasteiger charge is -2.24. The first-order valence-corrected chi connectivity index (χ1v) is 9.88. The Kier molecular flexibility index (Phi) is 11.8. The van der Waals surface area contributed by atoms with Gasteiger partial charge in [0.2, 0.25) is 5.91 Å². The number of carbonyl (C=O) groups is 2. The van der Waals surface area contributed by atoms with Crippen LogP contribution in [0, 0.1) is 0 Å². The van der Waals surface area contributed by atoms with Crippen molar-refractivity contribution in [2.75, 3.05) is 70.9 Å². The molecule has 1 unspecified atom stereocenters. The maximum absolute atomic E-state index is 12.2. The third-order valence-electron chi connectivity index (χ3n) is 3.78. The molecule has 1 amide bonds. The maximum atomic E-state index is 12.2. The molecule has 1 heterocycles. The van der Waals surface area contributed by atoms with E-state index in [1.54, 1.807) is 11.8 Å². The van der Waals surface area contributed by atoms with Crippen molar-refractivity contribution in [3.8, 4) is 0 Å². The van der Waals surface area contributed by atoms with Crippen molar-refractivity contribution in [2.24, 2.45) is 0 Å². The minimum atomic E-state index is -0.970. The van der Waals surface area contributed by atoms with Crippen LogP contribution in [0.5, 0.6) is 0 Å². The van der Waals surface area contributed by atoms with Gasteiger partial charge in [-0.3, -0.25) is 9.69 Å². The van der Waals surface area contributed by atoms with E-state index in [4.69, 9.17) is 0 Å². The predicted molar refractivity (Wildman–Crippen MR) is 97.6 cm³/mol. The SMILES string of the molecule is CSCCC(NC(=O)CN1CCNCCNCCNCC1)C(=O)O. The lowest BCUT2D eigenvalue weighted by atomic mass is 10.2. The summed E-state index contributed by atoms with van der Waals surface area (Å²) in [7, 11) is 0. The topological polar surface area (TPSA) is 106 Å². The van der Waals surface area contributed by atoms with E-state index in [2.05, 4.69) is 26.2 Å². The smallest absolute Gasteiger partial charge is 0.326 e. The molecular weight excluding hydrogens is 330 g/mol. The van der Waals surface area contributed by atoms with Crippen molar-refractivity contribution < 1.29 is 14.7 Å². The Balaban J connectivity index is 2.42. The molecule has 1 fully saturated rings. The number of nitrogens with zero attached hydrogens (tertiary/aromatic N) is 1. The molecule has 24 heavy (non-hydrogen) atoms. The van der Waals surface area contributed by atoms with E-state index in [9.17, 15) is 14.7 Å². The molecule has 0 aromatic carbocycles. The highest BCUT2D eigenvalue weighted by atomic mass is 32.2. The molecule has 140 valence electrons. The van der Waals surface area contributed by atoms with Crippen molar-refractivity contribution in [1.29, 1.82) is 0 Å². The highest BCUT2D eigenvalue weighted by Crippen LogP contribution is 2.01. The molecule has 0 aromatic heterocycles. The number of hydrogen-bond donors (Lipinski definition) is 5. The summed E-state index contributed by atoms with van der Waals surface area (Å²) in [6.07, 6.45) is 2.37. The Morgan fingerprint density at radius 2 is 1.62 bits per heavy atom. The van der Waals surface area contributed by atoms with Gasteiger partial charge in [-0.15, -0.1) is 0 Å². The summed E-state index contributed by atoms with van der Waals surface area (Å²) in [4.78, 5) is 25.5. The molecule has 0 saturated carbocycles. The number of hydrogen-bond acceptors (Lipinski definition) is 7. The fraction of sp³-hybridized carbons (Fsp3) is 0.867. The van der Waals surface area contributed by atoms with E-state index in [0.29, 0.717) is 12.2 Å². The van der Waals surface area contributed by atoms with E-state index in [0.717, 1.165) is 52.4 Å². The summed E-state index contributed by atoms with van der Waals surface area (Å²) < 4.78 is 0. The number of rotatable bonds is 7. The molecule has 5 N–H and O–H groups in total. The standard InChI is InChI=1S/C15H31N5O3S/c1-24-11-2-13(15(22)23)19-14(21)12-20-9-7-17-5-3-16-4-6-18-8-10-20/h13,16-18H,2-12H2,1H3,(H,19,21)(H,22,23). The van der Waals surface area contributed by atoms with E-state index in [1.165, 1.54) is 0 Å². The molecule has 1 aliphatic heterocycles. The average molecular weight is 362 g/mol. The molecule has 1 aliphatic rings. The van der Waals surface area contributed by atoms with Gasteiger partial charge in [-0.25, -0.2) is 4.79 Å². The molecule has 0 aromatic rings. The van der Waals surface area contributed by atoms with E-state index in [-0.39, 0.29) is 12.5 Å². The molecule has 1 atom stereocenters. The molecule has 1 rings (SSSR count). The number of aliphatic carboxylic acids is 1. The maximum Gasteiger partial charge on any atom is 0.326 e. The lowest BCUT2D eigenvalue weighted by molar-refractivity contribution is -0.142. The Bertz CT molecular complexity index is 361. The number of thioether (sulfide) groups is 1. The van der Waals surface area contributed by atoms with Crippen molar-refractivity contribution >= 4 is 23.6 Å². The van der Waals surface area contributed by atoms with Gasteiger partial charge in [0.15, 0.2) is 0 Å². The summed E-state index contributed by atoms with van der Waals surface area (Å²) in [5.74, 6) is -0.484. The molecular formula is C15H31N5O3S. The van der Waals surface area contributed by atoms with Crippen molar-refractivity contribution in [2.45, 2.75) is 12.5 Å². The van der Waals surface area contributed by atoms with Gasteiger partial charge in [-0.05, 0) is 18.4 Å². The van der Waals surface area contributed by atoms with Crippen LogP contribution < -0.4 is 21.3 Å². The van der Waals surface area contributed by atoms with Crippen LogP contribution in [-0.2, 0) is 9.59 Å². The minimum Gasteiger partial charge on any atom is -0.480 e. The Morgan fingerprint density at radius 3 is 2.12 bits per heavy atom. The molecule has 0 bridgehead atoms. The van der Waals surface area contributed by atoms with Gasteiger partial charge in [-0.1, -0.05) is 0 Å². The minimum absolute atomic E-state index is 0.225. The second kappa shape index (κ2) is 13.4. The summed E-state index contributed by atoms with van der Waals surface area (Å²) in [5.41, 5.74) is 0. The van der Waals surface area contributed by atoms with Crippen LogP contribution in [0.1, 0.15) is 6.42 Å². The zero-order chi connectivity index (χ0) is 17.6. The van der Waals surface area contributed by atoms with Crippen LogP contribution in [-0.4, -0.2) is 98.8 Å². The van der Waals surface area contributed by atoms with E-state index >= 15 is 0 Å². The molecule has 0 spiro atoms. The average Bonchev–Trinajstić information content (AvgIpc) is 2.53. The number of carbonyl (C=O) groups excluding carboxylic acids is 1. The summed E-state index contributed by atoms with van der Waals surface area (Å²) in [5, 5.41) is 21.9. The second-order valence-electron chi connectivity index (χ2n) is 5.77. The monoisotopic (exact) mass is 361 g/mol. The van der Waals surface area contributed by atoms with Crippen LogP contribution >= 0.6 is 11.8 Å². The normalized spacial score (nSPS) is 19.7. The summed E-state index contributed by atoms with van der Waals surface area (Å²) in [6, 6.07) is -0.806. The zero-order valence-electron chi connectivity index (χ0n) is 14.5. The van der Waals surface area contributed by atoms with Gasteiger partial charge in [0.1, 0.15) is 6.04 Å². The van der Waals surface area contributed by atoms with Gasteiger partial charge < -0.3 is 26.4 Å². The first-order chi connectivity index (χ1) is 11.6. The van der Waals surface area contributed by atoms with Gasteiger partial charge in [0.25, 0.3) is 0 Å². The number of carboxylic acid groups (broad SMARTS) is 1. The largest absolute Gasteiger partial charge is 0.480 e. The van der Waals surface area contributed by atoms with E-state index < -0.39 is 12.0 Å². The fourth-order valence-electron chi connectivity index (χ4n) is 2.41. The molecule has 1 saturated heterocycles. The van der Waals surface area contributed by atoms with Gasteiger partial charge in [0.05, 0.1) is 6.54 Å². The quantitative estimate of drug-likeness (QED) is 0.369. The number of carboxylic acids is 1. The highest BCUT2D eigenvalue weighted by molar-refractivity contribution is 7.98. The van der Waals surface area contributed by atoms with Crippen LogP contribution in [0.25, 0.3) is 0 Å². The number of amides is 1. The van der Waals surface area contributed by atoms with Crippen molar-refractivity contribution in [3.05, 3.63) is 0 Å². The van der Waals surface area contributed by atoms with Crippen molar-refractivity contribution in [3.63, 3.8) is 0 Å². The van der Waals surface area contributed by atoms with Crippen LogP contribution in [0.4, 0.5) is 0 Å². The third kappa shape index (κ3) is 10.1. The predicted octanol–water partition coefficient (Wildman–Crippen LogP) is -1.61. The van der Waals surface area contributed by atoms with Crippen LogP contribution in [0.3, 0.4) is 0 Å². The van der Waals surface area contributed by atoms with Gasteiger partial charge >= 0.3 is 5.97 Å². The van der Waals surface area contributed by atoms with Crippen molar-refractivity contribution in [1.82, 2.24) is 26.2 Å². The Morgan fingerprint density at radius 1 is 1.08 bits per heavy atom. The molecule has 0 aliphatic carbocycles. The van der Waals surface area contributed by atoms with Gasteiger partial charge in [0, 0.05) is 52.4 Å². The second-order valence-corrected chi connectivity index (χ2v) is 6.75. The highest BCUT2D eigenvalue weighted by Gasteiger charge is 2.20. The summed E-state index contributed by atoms with van der Waals surface area (Å²) in [6.45, 7) is 7.02. The van der Waals surface area contributed by atoms with E-state index in [1.807, 2.05) is 6.26 Å². The Labute approximate surface area is 148 Å². The zero-order valence-corrected chi connectivity index (χ0v) is 15.3. The van der Waals surface area contributed by atoms with Gasteiger partial charge in [-0.2, -0.15) is 11.8 Å². The molecule has 0 radical (unpaired) electrons. The molecule has 9 heteroatoms. The third-order valence-corrected chi connectivity index (χ3v) is 4.42. The van der Waals surface area contributed by atoms with Crippen LogP contribution in [0.15, 0.2) is 0 Å². The lowest BCUT2D eigenvalue weighted by Crippen LogP contribution is -2.48. The Hall–Kier alpha value is -0.870. The first kappa shape index (κ1) is 21.2. The summed E-state index contributed by atoms with van der Waals surface area (Å²) >= 11 is 1.58. The fourth-order valence-corrected chi connectivity index (χ4v) is 2.88. The first-order valence-electron chi connectivity index (χ1n) is 8.49. The molecule has 8 nitrogen and oxygen atoms in total. The van der Waals surface area contributed by atoms with Crippen LogP contribution in [0.2, 0.25) is 0 Å². The number of nitrogens with one attached hydrogen (secondary N) is 4.